The first kappa shape index (κ1) is 33.3. The summed E-state index contributed by atoms with van der Waals surface area (Å²) in [6, 6.07) is 78.7. The van der Waals surface area contributed by atoms with E-state index in [9.17, 15) is 0 Å². The lowest BCUT2D eigenvalue weighted by Crippen LogP contribution is -2.10. The highest BCUT2D eigenvalue weighted by molar-refractivity contribution is 6.27. The fraction of sp³-hybridized carbons (Fsp3) is 0. The van der Waals surface area contributed by atoms with Crippen molar-refractivity contribution in [2.45, 2.75) is 0 Å². The number of para-hydroxylation sites is 2. The second-order valence-corrected chi connectivity index (χ2v) is 15.3. The largest absolute Gasteiger partial charge is 0.456 e. The summed E-state index contributed by atoms with van der Waals surface area (Å²) in [7, 11) is 0. The van der Waals surface area contributed by atoms with E-state index in [-0.39, 0.29) is 0 Å². The van der Waals surface area contributed by atoms with Gasteiger partial charge in [0.1, 0.15) is 11.2 Å². The molecule has 0 spiro atoms. The van der Waals surface area contributed by atoms with E-state index < -0.39 is 0 Å². The van der Waals surface area contributed by atoms with Crippen LogP contribution in [0.3, 0.4) is 0 Å². The Hall–Kier alpha value is -7.88. The summed E-state index contributed by atoms with van der Waals surface area (Å²) in [6.45, 7) is 0. The molecule has 276 valence electrons. The zero-order valence-electron chi connectivity index (χ0n) is 32.1. The minimum Gasteiger partial charge on any atom is -0.456 e. The maximum Gasteiger partial charge on any atom is 0.138 e. The summed E-state index contributed by atoms with van der Waals surface area (Å²) in [5, 5.41) is 9.57. The highest BCUT2D eigenvalue weighted by Gasteiger charge is 2.23. The van der Waals surface area contributed by atoms with Gasteiger partial charge in [-0.3, -0.25) is 0 Å². The number of benzene rings is 10. The quantitative estimate of drug-likeness (QED) is 0.169. The predicted octanol–water partition coefficient (Wildman–Crippen LogP) is 15.8. The van der Waals surface area contributed by atoms with E-state index in [1.807, 2.05) is 0 Å². The number of nitrogens with zero attached hydrogens (tertiary/aromatic N) is 2. The van der Waals surface area contributed by atoms with Gasteiger partial charge >= 0.3 is 0 Å². The van der Waals surface area contributed by atoms with Crippen molar-refractivity contribution in [3.8, 4) is 27.9 Å². The van der Waals surface area contributed by atoms with E-state index in [1.54, 1.807) is 0 Å². The number of rotatable bonds is 6. The predicted molar refractivity (Wildman–Crippen MR) is 249 cm³/mol. The minimum absolute atomic E-state index is 0.875. The summed E-state index contributed by atoms with van der Waals surface area (Å²) >= 11 is 0. The van der Waals surface area contributed by atoms with Crippen LogP contribution in [0.1, 0.15) is 0 Å². The average molecular weight is 753 g/mol. The first-order chi connectivity index (χ1) is 29.2. The van der Waals surface area contributed by atoms with Gasteiger partial charge in [0.2, 0.25) is 0 Å². The third kappa shape index (κ3) is 5.44. The number of aromatic nitrogens is 1. The zero-order chi connectivity index (χ0) is 38.9. The Kier molecular flexibility index (Phi) is 7.54. The van der Waals surface area contributed by atoms with E-state index >= 15 is 0 Å². The molecular weight excluding hydrogens is 717 g/mol. The first-order valence-electron chi connectivity index (χ1n) is 20.2. The van der Waals surface area contributed by atoms with Crippen LogP contribution in [0.25, 0.3) is 93.2 Å². The lowest BCUT2D eigenvalue weighted by Gasteiger charge is -2.26. The number of fused-ring (bicyclic) bond motifs is 8. The molecule has 0 N–H and O–H groups in total. The molecule has 0 aliphatic rings. The fourth-order valence-corrected chi connectivity index (χ4v) is 9.19. The van der Waals surface area contributed by atoms with Crippen LogP contribution in [-0.4, -0.2) is 4.57 Å². The molecule has 0 radical (unpaired) electrons. The first-order valence-corrected chi connectivity index (χ1v) is 20.2. The molecule has 12 aromatic rings. The Morgan fingerprint density at radius 2 is 0.932 bits per heavy atom. The Balaban J connectivity index is 1.11. The summed E-state index contributed by atoms with van der Waals surface area (Å²) in [5.74, 6) is 0. The Morgan fingerprint density at radius 3 is 1.71 bits per heavy atom. The molecule has 0 saturated carbocycles. The van der Waals surface area contributed by atoms with Crippen molar-refractivity contribution in [2.75, 3.05) is 4.90 Å². The van der Waals surface area contributed by atoms with E-state index in [1.165, 1.54) is 49.0 Å². The van der Waals surface area contributed by atoms with Gasteiger partial charge in [-0.2, -0.15) is 0 Å². The molecule has 0 aliphatic carbocycles. The Morgan fingerprint density at radius 1 is 0.339 bits per heavy atom. The molecule has 10 aromatic carbocycles. The molecule has 59 heavy (non-hydrogen) atoms. The maximum absolute atomic E-state index is 6.70. The number of hydrogen-bond acceptors (Lipinski definition) is 2. The van der Waals surface area contributed by atoms with Gasteiger partial charge in [-0.1, -0.05) is 140 Å². The van der Waals surface area contributed by atoms with Crippen molar-refractivity contribution >= 4 is 82.4 Å². The highest BCUT2D eigenvalue weighted by Crippen LogP contribution is 2.47. The summed E-state index contributed by atoms with van der Waals surface area (Å²) in [4.78, 5) is 2.34. The molecule has 3 heteroatoms. The molecule has 2 aromatic heterocycles. The third-order valence-corrected chi connectivity index (χ3v) is 11.9. The maximum atomic E-state index is 6.70. The van der Waals surface area contributed by atoms with Crippen molar-refractivity contribution in [3.63, 3.8) is 0 Å². The highest BCUT2D eigenvalue weighted by atomic mass is 16.3. The molecular formula is C56H36N2O. The van der Waals surface area contributed by atoms with Crippen LogP contribution < -0.4 is 4.90 Å². The van der Waals surface area contributed by atoms with E-state index in [2.05, 4.69) is 228 Å². The Bertz CT molecular complexity index is 3540. The lowest BCUT2D eigenvalue weighted by molar-refractivity contribution is 0.669. The summed E-state index contributed by atoms with van der Waals surface area (Å²) in [6.07, 6.45) is 0. The van der Waals surface area contributed by atoms with Crippen molar-refractivity contribution in [1.82, 2.24) is 4.57 Å². The fourth-order valence-electron chi connectivity index (χ4n) is 9.19. The van der Waals surface area contributed by atoms with Gasteiger partial charge < -0.3 is 13.9 Å². The van der Waals surface area contributed by atoms with Crippen LogP contribution in [0.2, 0.25) is 0 Å². The van der Waals surface area contributed by atoms with Crippen LogP contribution in [0.15, 0.2) is 223 Å². The molecule has 3 nitrogen and oxygen atoms in total. The Labute approximate surface area is 341 Å². The van der Waals surface area contributed by atoms with Crippen LogP contribution in [-0.2, 0) is 0 Å². The molecule has 2 heterocycles. The van der Waals surface area contributed by atoms with E-state index in [0.29, 0.717) is 0 Å². The smallest absolute Gasteiger partial charge is 0.138 e. The zero-order valence-corrected chi connectivity index (χ0v) is 32.1. The van der Waals surface area contributed by atoms with Crippen LogP contribution >= 0.6 is 0 Å². The molecule has 0 unspecified atom stereocenters. The van der Waals surface area contributed by atoms with Crippen LogP contribution in [0.4, 0.5) is 17.1 Å². The van der Waals surface area contributed by atoms with Crippen molar-refractivity contribution in [1.29, 1.82) is 0 Å². The second kappa shape index (κ2) is 13.4. The minimum atomic E-state index is 0.875. The van der Waals surface area contributed by atoms with Crippen LogP contribution in [0.5, 0.6) is 0 Å². The third-order valence-electron chi connectivity index (χ3n) is 11.9. The van der Waals surface area contributed by atoms with E-state index in [4.69, 9.17) is 4.42 Å². The SMILES string of the molecule is c1ccc(-c2c3c(cc4c2c2cc(-c5ccc6ccccc6c5)ccc2n4-c2ccc(N(c4ccccc4)c4ccc5ccccc5c4)cc2)oc2ccccc23)cc1. The molecule has 0 amide bonds. The monoisotopic (exact) mass is 752 g/mol. The van der Waals surface area contributed by atoms with Gasteiger partial charge in [-0.05, 0) is 111 Å². The van der Waals surface area contributed by atoms with Gasteiger partial charge in [-0.25, -0.2) is 0 Å². The molecule has 0 aliphatic heterocycles. The van der Waals surface area contributed by atoms with Crippen molar-refractivity contribution in [3.05, 3.63) is 218 Å². The van der Waals surface area contributed by atoms with Crippen molar-refractivity contribution in [2.24, 2.45) is 0 Å². The van der Waals surface area contributed by atoms with Crippen molar-refractivity contribution < 1.29 is 4.42 Å². The number of anilines is 3. The van der Waals surface area contributed by atoms with Crippen LogP contribution in [0, 0.1) is 0 Å². The molecule has 12 rings (SSSR count). The normalized spacial score (nSPS) is 11.7. The van der Waals surface area contributed by atoms with Gasteiger partial charge in [-0.15, -0.1) is 0 Å². The van der Waals surface area contributed by atoms with Gasteiger partial charge in [0.15, 0.2) is 0 Å². The number of furan rings is 1. The standard InChI is InChI=1S/C56H36N2O/c1-3-15-39(16-4-1)54-55-49-35-43(42-24-23-37-13-7-9-17-40(37)33-42)26-32-50(49)58(51(55)36-53-56(54)48-21-11-12-22-52(48)59-53)46-30-28-45(29-31-46)57(44-19-5-2-6-20-44)47-27-25-38-14-8-10-18-41(38)34-47/h1-36H. The summed E-state index contributed by atoms with van der Waals surface area (Å²) in [5.41, 5.74) is 13.1. The lowest BCUT2D eigenvalue weighted by atomic mass is 9.93. The van der Waals surface area contributed by atoms with E-state index in [0.717, 1.165) is 61.3 Å². The molecule has 0 bridgehead atoms. The van der Waals surface area contributed by atoms with Gasteiger partial charge in [0, 0.05) is 55.9 Å². The molecule has 0 saturated heterocycles. The van der Waals surface area contributed by atoms with Gasteiger partial charge in [0.05, 0.1) is 11.0 Å². The molecule has 0 fully saturated rings. The van der Waals surface area contributed by atoms with Gasteiger partial charge in [0.25, 0.3) is 0 Å². The summed E-state index contributed by atoms with van der Waals surface area (Å²) < 4.78 is 9.12. The molecule has 0 atom stereocenters. The topological polar surface area (TPSA) is 21.3 Å². The second-order valence-electron chi connectivity index (χ2n) is 15.3. The average Bonchev–Trinajstić information content (AvgIpc) is 3.84. The number of hydrogen-bond donors (Lipinski definition) is 0.